The maximum Gasteiger partial charge on any atom is 2.00 e. The second-order valence-corrected chi connectivity index (χ2v) is 25.1. The Labute approximate surface area is 530 Å². The van der Waals surface area contributed by atoms with E-state index in [0.29, 0.717) is 19.4 Å². The Balaban J connectivity index is 0.00000838. The van der Waals surface area contributed by atoms with Crippen LogP contribution in [-0.4, -0.2) is 45.8 Å². The number of nitrogens with one attached hydrogen (secondary N) is 1. The minimum atomic E-state index is -0.129. The Morgan fingerprint density at radius 2 is 1.28 bits per heavy atom. The molecule has 0 spiro atoms. The number of likely N-dealkylation sites (N-methyl/N-ethyl adjacent to an activating group) is 1. The van der Waals surface area contributed by atoms with Crippen LogP contribution in [0.25, 0.3) is 44.4 Å². The molecule has 0 fully saturated rings. The molecule has 8 bridgehead atoms. The molecule has 10 heteroatoms. The van der Waals surface area contributed by atoms with E-state index < -0.39 is 0 Å². The second kappa shape index (κ2) is 26.1. The molecule has 3 aromatic carbocycles. The number of aromatic nitrogens is 4. The Morgan fingerprint density at radius 1 is 0.667 bits per heavy atom. The quantitative estimate of drug-likeness (QED) is 0.0520. The summed E-state index contributed by atoms with van der Waals surface area (Å²) in [6.07, 6.45) is 18.5. The van der Waals surface area contributed by atoms with Crippen molar-refractivity contribution in [2.24, 2.45) is 0 Å². The van der Waals surface area contributed by atoms with Crippen LogP contribution in [0.2, 0.25) is 0 Å². The van der Waals surface area contributed by atoms with E-state index in [1.165, 1.54) is 84.0 Å². The molecule has 1 amide bonds. The fourth-order valence-corrected chi connectivity index (χ4v) is 14.3. The minimum absolute atomic E-state index is 0. The molecule has 6 aromatic rings. The third kappa shape index (κ3) is 12.0. The van der Waals surface area contributed by atoms with Crippen LogP contribution in [0.15, 0.2) is 144 Å². The van der Waals surface area contributed by atoms with Gasteiger partial charge in [0.1, 0.15) is 18.1 Å². The van der Waals surface area contributed by atoms with Crippen molar-refractivity contribution in [2.75, 3.05) is 24.5 Å². The Kier molecular flexibility index (Phi) is 18.8. The summed E-state index contributed by atoms with van der Waals surface area (Å²) in [5, 5.41) is 3.24. The number of allylic oxidation sites excluding steroid dienone is 11. The minimum Gasteiger partial charge on any atom is -0.657 e. The number of rotatable bonds is 18. The number of ether oxygens (including phenoxy) is 1. The monoisotopic (exact) mass is 1210 g/mol. The van der Waals surface area contributed by atoms with Crippen LogP contribution in [0.1, 0.15) is 189 Å². The van der Waals surface area contributed by atoms with Gasteiger partial charge in [-0.15, -0.1) is 22.1 Å². The molecule has 11 rings (SSSR count). The van der Waals surface area contributed by atoms with Crippen molar-refractivity contribution in [3.63, 3.8) is 0 Å². The van der Waals surface area contributed by atoms with Crippen LogP contribution in [0, 0.1) is 13.8 Å². The molecule has 1 N–H and O–H groups in total. The summed E-state index contributed by atoms with van der Waals surface area (Å²) in [4.78, 5) is 37.0. The number of hydrogen-bond donors (Lipinski definition) is 1. The number of carbonyl (C=O) groups excluding carboxylic acids is 1. The SMILES string of the molecule is CCC1=C(C)c2cc3[n-]c(cc4nc(cc5[n-]c(cc1n2)c(C)c5CC)C(CCCC(=O)NCCCc1ccc(OC2=C(/C=C/C5=[N+](CC)c6ccccc6C5(C)C)CCC/C2=C\C=C2\N(CC)c5ccccc5C2(C)C)cc1)=C4C)c(C)c3CC.[Zn+2]. The van der Waals surface area contributed by atoms with Crippen molar-refractivity contribution in [1.29, 1.82) is 0 Å². The molecule has 4 aliphatic heterocycles. The summed E-state index contributed by atoms with van der Waals surface area (Å²) in [5.41, 5.74) is 28.5. The van der Waals surface area contributed by atoms with E-state index in [-0.39, 0.29) is 36.2 Å². The number of aryl methyl sites for hydroxylation is 5. The molecule has 0 saturated heterocycles. The van der Waals surface area contributed by atoms with Gasteiger partial charge in [-0.05, 0) is 195 Å². The van der Waals surface area contributed by atoms with Gasteiger partial charge in [-0.25, -0.2) is 9.97 Å². The van der Waals surface area contributed by atoms with Crippen molar-refractivity contribution in [3.05, 3.63) is 206 Å². The van der Waals surface area contributed by atoms with E-state index in [1.54, 1.807) is 0 Å². The van der Waals surface area contributed by atoms with Crippen molar-refractivity contribution in [2.45, 2.75) is 171 Å². The Bertz CT molecular complexity index is 4070. The first-order chi connectivity index (χ1) is 41.5. The van der Waals surface area contributed by atoms with E-state index in [2.05, 4.69) is 226 Å². The molecule has 3 aromatic heterocycles. The average molecular weight is 1210 g/mol. The van der Waals surface area contributed by atoms with Crippen molar-refractivity contribution >= 4 is 67.4 Å². The van der Waals surface area contributed by atoms with Crippen LogP contribution < -0.4 is 24.9 Å². The number of nitrogens with zero attached hydrogens (tertiary/aromatic N) is 6. The molecule has 87 heavy (non-hydrogen) atoms. The zero-order valence-corrected chi connectivity index (χ0v) is 57.1. The fourth-order valence-electron chi connectivity index (χ4n) is 14.3. The van der Waals surface area contributed by atoms with E-state index in [9.17, 15) is 4.79 Å². The number of benzene rings is 3. The van der Waals surface area contributed by atoms with Gasteiger partial charge in [0.2, 0.25) is 11.6 Å². The van der Waals surface area contributed by atoms with Crippen LogP contribution in [0.4, 0.5) is 11.4 Å². The third-order valence-electron chi connectivity index (χ3n) is 19.2. The first kappa shape index (κ1) is 62.6. The molecule has 0 unspecified atom stereocenters. The van der Waals surface area contributed by atoms with Gasteiger partial charge < -0.3 is 24.9 Å². The molecule has 1 aliphatic carbocycles. The Morgan fingerprint density at radius 3 is 1.93 bits per heavy atom. The summed E-state index contributed by atoms with van der Waals surface area (Å²) in [6, 6.07) is 35.0. The van der Waals surface area contributed by atoms with E-state index >= 15 is 0 Å². The predicted octanol–water partition coefficient (Wildman–Crippen LogP) is 17.6. The number of carbonyl (C=O) groups is 1. The smallest absolute Gasteiger partial charge is 0.657 e. The fraction of sp³-hybridized carbons (Fsp3) is 0.377. The largest absolute Gasteiger partial charge is 2.00 e. The van der Waals surface area contributed by atoms with Crippen molar-refractivity contribution in [1.82, 2.24) is 25.3 Å². The predicted molar refractivity (Wildman–Crippen MR) is 358 cm³/mol. The molecule has 7 heterocycles. The first-order valence-electron chi connectivity index (χ1n) is 32.0. The van der Waals surface area contributed by atoms with E-state index in [1.807, 2.05) is 0 Å². The number of amides is 1. The van der Waals surface area contributed by atoms with Crippen LogP contribution in [-0.2, 0) is 54.4 Å². The normalized spacial score (nSPS) is 17.1. The van der Waals surface area contributed by atoms with Crippen LogP contribution in [0.3, 0.4) is 0 Å². The van der Waals surface area contributed by atoms with Gasteiger partial charge in [-0.1, -0.05) is 136 Å². The van der Waals surface area contributed by atoms with Gasteiger partial charge in [0.15, 0.2) is 5.71 Å². The summed E-state index contributed by atoms with van der Waals surface area (Å²) in [5.74, 6) is 1.85. The Hall–Kier alpha value is -7.42. The molecule has 9 nitrogen and oxygen atoms in total. The van der Waals surface area contributed by atoms with Crippen LogP contribution in [0.5, 0.6) is 5.75 Å². The number of hydrogen-bond acceptors (Lipinski definition) is 5. The van der Waals surface area contributed by atoms with Crippen LogP contribution >= 0.6 is 0 Å². The first-order valence-corrected chi connectivity index (χ1v) is 32.0. The summed E-state index contributed by atoms with van der Waals surface area (Å²) in [7, 11) is 0. The molecule has 0 saturated carbocycles. The average Bonchev–Trinajstić information content (AvgIpc) is 1.78. The van der Waals surface area contributed by atoms with Gasteiger partial charge in [0.05, 0.1) is 28.2 Å². The van der Waals surface area contributed by atoms with E-state index in [0.717, 1.165) is 138 Å². The van der Waals surface area contributed by atoms with Gasteiger partial charge >= 0.3 is 19.5 Å². The molecular weight excluding hydrogens is 1120 g/mol. The zero-order chi connectivity index (χ0) is 60.6. The van der Waals surface area contributed by atoms with Gasteiger partial charge in [0.25, 0.3) is 0 Å². The third-order valence-corrected chi connectivity index (χ3v) is 19.2. The zero-order valence-electron chi connectivity index (χ0n) is 54.2. The van der Waals surface area contributed by atoms with E-state index in [4.69, 9.17) is 24.7 Å². The van der Waals surface area contributed by atoms with Crippen molar-refractivity contribution in [3.8, 4) is 5.75 Å². The number of para-hydroxylation sites is 2. The molecule has 0 atom stereocenters. The van der Waals surface area contributed by atoms with Gasteiger partial charge in [-0.2, -0.15) is 4.58 Å². The maximum atomic E-state index is 13.5. The van der Waals surface area contributed by atoms with Gasteiger partial charge in [-0.3, -0.25) is 4.79 Å². The molecular formula is C77H88N7O2Zn+. The number of fused-ring (bicyclic) bond motifs is 10. The summed E-state index contributed by atoms with van der Waals surface area (Å²) < 4.78 is 9.55. The summed E-state index contributed by atoms with van der Waals surface area (Å²) in [6.45, 7) is 31.6. The molecule has 0 radical (unpaired) electrons. The number of anilines is 1. The molecule has 444 valence electrons. The van der Waals surface area contributed by atoms with Gasteiger partial charge in [0, 0.05) is 54.0 Å². The standard InChI is InChI=1S/C77H89N7O2.Zn/c1-14-56-48(6)62-44-63-51(9)59(69(82-63)47-68-58(16-3)50(8)65(81-68)46-67-57(15-2)49(7)64(80-67)45-66(56)79-62)29-24-34-74(85)78-43-25-26-52-35-39-55(40-36-52)86-75-53(37-41-72-76(10,11)60-30-19-21-32-70(60)83(72)17-4)27-23-28-54(75)38-42-73-77(12,13)61-31-20-22-33-71(61)84(73)18-5;/h19-22,30-33,35-42,44-47H,14-18,23-29,34,43H2,1-13H3,(H2-,78,79,80,81,82,85);/q;+2/p-1. The second-order valence-electron chi connectivity index (χ2n) is 25.1. The maximum absolute atomic E-state index is 13.5. The van der Waals surface area contributed by atoms with Crippen molar-refractivity contribution < 1.29 is 33.6 Å². The topological polar surface area (TPSA) is 98.6 Å². The molecule has 5 aliphatic rings. The summed E-state index contributed by atoms with van der Waals surface area (Å²) >= 11 is 0.